The molecule has 0 saturated heterocycles. The first kappa shape index (κ1) is 13.0. The zero-order valence-electron chi connectivity index (χ0n) is 10.2. The van der Waals surface area contributed by atoms with E-state index in [4.69, 9.17) is 0 Å². The Morgan fingerprint density at radius 3 is 2.65 bits per heavy atom. The molecule has 0 fully saturated rings. The molecule has 1 aromatic heterocycles. The molecule has 0 saturated carbocycles. The first-order chi connectivity index (χ1) is 7.99. The summed E-state index contributed by atoms with van der Waals surface area (Å²) in [6.45, 7) is 2.19. The zero-order valence-corrected chi connectivity index (χ0v) is 10.2. The van der Waals surface area contributed by atoms with Gasteiger partial charge in [-0.15, -0.1) is 0 Å². The van der Waals surface area contributed by atoms with Crippen molar-refractivity contribution in [3.05, 3.63) is 17.5 Å². The molecule has 0 spiro atoms. The summed E-state index contributed by atoms with van der Waals surface area (Å²) >= 11 is 0. The van der Waals surface area contributed by atoms with Crippen LogP contribution in [0.1, 0.15) is 11.4 Å². The average molecular weight is 239 g/mol. The second-order valence-electron chi connectivity index (χ2n) is 3.87. The van der Waals surface area contributed by atoms with Gasteiger partial charge in [0.1, 0.15) is 0 Å². The fraction of sp³-hybridized carbons (Fsp3) is 0.500. The maximum atomic E-state index is 11.4. The summed E-state index contributed by atoms with van der Waals surface area (Å²) in [6.07, 6.45) is 0. The monoisotopic (exact) mass is 239 g/mol. The van der Waals surface area contributed by atoms with Crippen LogP contribution in [0.5, 0.6) is 0 Å². The maximum absolute atomic E-state index is 11.4. The number of nitrogens with zero attached hydrogens (tertiary/aromatic N) is 2. The van der Waals surface area contributed by atoms with Crippen LogP contribution >= 0.6 is 0 Å². The van der Waals surface area contributed by atoms with Crippen molar-refractivity contribution in [1.29, 1.82) is 0 Å². The number of rotatable bonds is 4. The van der Waals surface area contributed by atoms with Gasteiger partial charge in [-0.05, 0) is 13.0 Å². The van der Waals surface area contributed by atoms with Gasteiger partial charge in [-0.3, -0.25) is 9.89 Å². The van der Waals surface area contributed by atoms with E-state index in [0.717, 1.165) is 11.4 Å². The molecule has 94 valence electrons. The fourth-order valence-electron chi connectivity index (χ4n) is 1.13. The molecule has 3 amide bonds. The van der Waals surface area contributed by atoms with Crippen molar-refractivity contribution in [2.75, 3.05) is 20.6 Å². The number of aromatic amines is 1. The Morgan fingerprint density at radius 2 is 2.12 bits per heavy atom. The first-order valence-electron chi connectivity index (χ1n) is 5.22. The van der Waals surface area contributed by atoms with Crippen LogP contribution in [0.15, 0.2) is 6.07 Å². The lowest BCUT2D eigenvalue weighted by molar-refractivity contribution is -0.120. The number of hydrogen-bond donors (Lipinski definition) is 3. The Hall–Kier alpha value is -2.05. The molecule has 0 aliphatic rings. The Morgan fingerprint density at radius 1 is 1.41 bits per heavy atom. The van der Waals surface area contributed by atoms with Gasteiger partial charge in [0.15, 0.2) is 0 Å². The lowest BCUT2D eigenvalue weighted by Gasteiger charge is -2.11. The number of H-pyrrole nitrogens is 1. The quantitative estimate of drug-likeness (QED) is 0.668. The normalized spacial score (nSPS) is 9.82. The molecule has 7 nitrogen and oxygen atoms in total. The number of carbonyl (C=O) groups is 2. The third-order valence-corrected chi connectivity index (χ3v) is 2.03. The standard InChI is InChI=1S/C10H17N5O2/c1-7-4-8(14-13-7)5-11-9(16)6-12-10(17)15(2)3/h4H,5-6H2,1-3H3,(H,11,16)(H,12,17)(H,13,14). The minimum atomic E-state index is -0.296. The van der Waals surface area contributed by atoms with E-state index in [-0.39, 0.29) is 18.5 Å². The molecule has 0 aromatic carbocycles. The Balaban J connectivity index is 2.24. The van der Waals surface area contributed by atoms with E-state index in [9.17, 15) is 9.59 Å². The van der Waals surface area contributed by atoms with Crippen molar-refractivity contribution in [1.82, 2.24) is 25.7 Å². The molecule has 0 unspecified atom stereocenters. The van der Waals surface area contributed by atoms with Gasteiger partial charge in [0, 0.05) is 19.8 Å². The van der Waals surface area contributed by atoms with Gasteiger partial charge in [-0.1, -0.05) is 0 Å². The maximum Gasteiger partial charge on any atom is 0.317 e. The molecule has 0 aliphatic heterocycles. The Bertz CT molecular complexity index is 399. The summed E-state index contributed by atoms with van der Waals surface area (Å²) in [5, 5.41) is 11.9. The number of nitrogens with one attached hydrogen (secondary N) is 3. The minimum absolute atomic E-state index is 0.0413. The van der Waals surface area contributed by atoms with E-state index in [0.29, 0.717) is 6.54 Å². The van der Waals surface area contributed by atoms with E-state index >= 15 is 0 Å². The zero-order chi connectivity index (χ0) is 12.8. The van der Waals surface area contributed by atoms with Crippen LogP contribution in [0.2, 0.25) is 0 Å². The van der Waals surface area contributed by atoms with Crippen molar-refractivity contribution >= 4 is 11.9 Å². The highest BCUT2D eigenvalue weighted by Gasteiger charge is 2.06. The van der Waals surface area contributed by atoms with E-state index in [2.05, 4.69) is 20.8 Å². The van der Waals surface area contributed by atoms with E-state index in [1.54, 1.807) is 14.1 Å². The topological polar surface area (TPSA) is 90.1 Å². The van der Waals surface area contributed by atoms with Gasteiger partial charge < -0.3 is 15.5 Å². The van der Waals surface area contributed by atoms with E-state index in [1.165, 1.54) is 4.90 Å². The summed E-state index contributed by atoms with van der Waals surface area (Å²) in [5.74, 6) is -0.249. The average Bonchev–Trinajstić information content (AvgIpc) is 2.69. The van der Waals surface area contributed by atoms with Gasteiger partial charge in [-0.25, -0.2) is 4.79 Å². The predicted octanol–water partition coefficient (Wildman–Crippen LogP) is -0.394. The third kappa shape index (κ3) is 4.54. The van der Waals surface area contributed by atoms with E-state index in [1.807, 2.05) is 13.0 Å². The first-order valence-corrected chi connectivity index (χ1v) is 5.22. The highest BCUT2D eigenvalue weighted by Crippen LogP contribution is 1.96. The van der Waals surface area contributed by atoms with Gasteiger partial charge in [-0.2, -0.15) is 5.10 Å². The second-order valence-corrected chi connectivity index (χ2v) is 3.87. The number of urea groups is 1. The summed E-state index contributed by atoms with van der Waals surface area (Å²) < 4.78 is 0. The van der Waals surface area contributed by atoms with Gasteiger partial charge in [0.05, 0.1) is 18.8 Å². The lowest BCUT2D eigenvalue weighted by Crippen LogP contribution is -2.41. The second kappa shape index (κ2) is 5.88. The van der Waals surface area contributed by atoms with Crippen molar-refractivity contribution < 1.29 is 9.59 Å². The Kier molecular flexibility index (Phi) is 4.50. The number of carbonyl (C=O) groups excluding carboxylic acids is 2. The van der Waals surface area contributed by atoms with Crippen molar-refractivity contribution in [3.8, 4) is 0 Å². The van der Waals surface area contributed by atoms with Crippen LogP contribution < -0.4 is 10.6 Å². The largest absolute Gasteiger partial charge is 0.349 e. The molecular weight excluding hydrogens is 222 g/mol. The molecule has 0 atom stereocenters. The molecule has 0 aliphatic carbocycles. The van der Waals surface area contributed by atoms with Gasteiger partial charge in [0.25, 0.3) is 0 Å². The number of aromatic nitrogens is 2. The van der Waals surface area contributed by atoms with E-state index < -0.39 is 0 Å². The highest BCUT2D eigenvalue weighted by atomic mass is 16.2. The molecule has 1 heterocycles. The third-order valence-electron chi connectivity index (χ3n) is 2.03. The summed E-state index contributed by atoms with van der Waals surface area (Å²) in [5.41, 5.74) is 1.70. The number of hydrogen-bond acceptors (Lipinski definition) is 3. The SMILES string of the molecule is Cc1cc(CNC(=O)CNC(=O)N(C)C)n[nH]1. The van der Waals surface area contributed by atoms with Crippen LogP contribution in [0.3, 0.4) is 0 Å². The predicted molar refractivity (Wildman–Crippen MR) is 62.3 cm³/mol. The summed E-state index contributed by atoms with van der Waals surface area (Å²) in [4.78, 5) is 23.9. The molecule has 17 heavy (non-hydrogen) atoms. The fourth-order valence-corrected chi connectivity index (χ4v) is 1.13. The molecule has 0 radical (unpaired) electrons. The molecule has 1 aromatic rings. The Labute approximate surface area is 99.6 Å². The molecule has 3 N–H and O–H groups in total. The number of amides is 3. The summed E-state index contributed by atoms with van der Waals surface area (Å²) in [7, 11) is 3.22. The smallest absolute Gasteiger partial charge is 0.317 e. The van der Waals surface area contributed by atoms with Crippen LogP contribution in [0, 0.1) is 6.92 Å². The van der Waals surface area contributed by atoms with Crippen molar-refractivity contribution in [3.63, 3.8) is 0 Å². The van der Waals surface area contributed by atoms with Crippen molar-refractivity contribution in [2.24, 2.45) is 0 Å². The lowest BCUT2D eigenvalue weighted by atomic mass is 10.3. The highest BCUT2D eigenvalue weighted by molar-refractivity contribution is 5.83. The van der Waals surface area contributed by atoms with Crippen LogP contribution in [-0.4, -0.2) is 47.7 Å². The van der Waals surface area contributed by atoms with Gasteiger partial charge >= 0.3 is 6.03 Å². The van der Waals surface area contributed by atoms with Crippen LogP contribution in [0.4, 0.5) is 4.79 Å². The molecular formula is C10H17N5O2. The van der Waals surface area contributed by atoms with Crippen LogP contribution in [-0.2, 0) is 11.3 Å². The molecule has 7 heteroatoms. The van der Waals surface area contributed by atoms with Crippen LogP contribution in [0.25, 0.3) is 0 Å². The summed E-state index contributed by atoms with van der Waals surface area (Å²) in [6, 6.07) is 1.55. The molecule has 1 rings (SSSR count). The van der Waals surface area contributed by atoms with Gasteiger partial charge in [0.2, 0.25) is 5.91 Å². The minimum Gasteiger partial charge on any atom is -0.349 e. The number of aryl methyl sites for hydroxylation is 1. The molecule has 0 bridgehead atoms. The van der Waals surface area contributed by atoms with Crippen molar-refractivity contribution in [2.45, 2.75) is 13.5 Å².